The van der Waals surface area contributed by atoms with E-state index < -0.39 is 0 Å². The molecule has 31 heavy (non-hydrogen) atoms. The van der Waals surface area contributed by atoms with Gasteiger partial charge in [0.05, 0.1) is 11.1 Å². The highest BCUT2D eigenvalue weighted by atomic mass is 16.5. The van der Waals surface area contributed by atoms with Crippen molar-refractivity contribution in [3.63, 3.8) is 0 Å². The molecule has 2 aliphatic heterocycles. The number of benzene rings is 2. The number of para-hydroxylation sites is 1. The molecule has 2 saturated heterocycles. The van der Waals surface area contributed by atoms with E-state index in [1.807, 2.05) is 36.4 Å². The fourth-order valence-corrected chi connectivity index (χ4v) is 4.91. The molecule has 0 atom stereocenters. The minimum absolute atomic E-state index is 0.0399. The Hall–Kier alpha value is -2.92. The molecule has 3 heterocycles. The van der Waals surface area contributed by atoms with Crippen LogP contribution in [0.1, 0.15) is 41.6 Å². The molecular formula is C26H29N3O2. The predicted octanol–water partition coefficient (Wildman–Crippen LogP) is 4.31. The van der Waals surface area contributed by atoms with Crippen molar-refractivity contribution in [1.29, 1.82) is 0 Å². The molecule has 3 aromatic rings. The quantitative estimate of drug-likeness (QED) is 0.675. The fourth-order valence-electron chi connectivity index (χ4n) is 4.91. The van der Waals surface area contributed by atoms with E-state index in [9.17, 15) is 4.79 Å². The van der Waals surface area contributed by atoms with Crippen LogP contribution < -0.4 is 10.2 Å². The summed E-state index contributed by atoms with van der Waals surface area (Å²) in [7, 11) is 0. The Labute approximate surface area is 183 Å². The summed E-state index contributed by atoms with van der Waals surface area (Å²) in [4.78, 5) is 20.6. The van der Waals surface area contributed by atoms with Gasteiger partial charge in [0.15, 0.2) is 0 Å². The third-order valence-electron chi connectivity index (χ3n) is 6.78. The zero-order valence-corrected chi connectivity index (χ0v) is 17.8. The lowest BCUT2D eigenvalue weighted by Gasteiger charge is -2.38. The van der Waals surface area contributed by atoms with E-state index in [-0.39, 0.29) is 11.3 Å². The van der Waals surface area contributed by atoms with Gasteiger partial charge in [-0.25, -0.2) is 4.98 Å². The zero-order valence-electron chi connectivity index (χ0n) is 17.8. The summed E-state index contributed by atoms with van der Waals surface area (Å²) in [5, 5.41) is 4.27. The first-order valence-electron chi connectivity index (χ1n) is 11.3. The van der Waals surface area contributed by atoms with Gasteiger partial charge in [-0.05, 0) is 43.4 Å². The monoisotopic (exact) mass is 415 g/mol. The number of carbonyl (C=O) groups is 1. The molecule has 0 bridgehead atoms. The van der Waals surface area contributed by atoms with Crippen LogP contribution in [0.4, 0.5) is 5.82 Å². The maximum atomic E-state index is 13.5. The topological polar surface area (TPSA) is 54.5 Å². The molecule has 5 nitrogen and oxygen atoms in total. The summed E-state index contributed by atoms with van der Waals surface area (Å²) in [6.07, 6.45) is 4.11. The molecule has 0 radical (unpaired) electrons. The van der Waals surface area contributed by atoms with Crippen molar-refractivity contribution < 1.29 is 9.53 Å². The number of carbonyl (C=O) groups excluding carboxylic acids is 1. The molecule has 5 rings (SSSR count). The Balaban J connectivity index is 1.45. The molecule has 1 amide bonds. The molecule has 1 aromatic heterocycles. The second-order valence-corrected chi connectivity index (χ2v) is 8.69. The van der Waals surface area contributed by atoms with E-state index in [1.54, 1.807) is 0 Å². The Morgan fingerprint density at radius 3 is 2.48 bits per heavy atom. The Bertz CT molecular complexity index is 1050. The van der Waals surface area contributed by atoms with Crippen molar-refractivity contribution in [3.8, 4) is 0 Å². The Kier molecular flexibility index (Phi) is 5.60. The maximum absolute atomic E-state index is 13.5. The lowest BCUT2D eigenvalue weighted by Crippen LogP contribution is -2.44. The first kappa shape index (κ1) is 20.0. The maximum Gasteiger partial charge on any atom is 0.255 e. The van der Waals surface area contributed by atoms with Gasteiger partial charge in [-0.3, -0.25) is 4.79 Å². The van der Waals surface area contributed by atoms with Crippen molar-refractivity contribution in [2.24, 2.45) is 0 Å². The number of nitrogens with zero attached hydrogens (tertiary/aromatic N) is 2. The molecule has 2 fully saturated rings. The minimum atomic E-state index is -0.0900. The molecular weight excluding hydrogens is 386 g/mol. The molecule has 0 unspecified atom stereocenters. The van der Waals surface area contributed by atoms with Gasteiger partial charge in [0.2, 0.25) is 0 Å². The Morgan fingerprint density at radius 2 is 1.71 bits per heavy atom. The SMILES string of the molecule is O=C(NCC1(c2ccccc2)CCOCC1)c1cc2ccccc2nc1N1CCCC1. The van der Waals surface area contributed by atoms with Crippen molar-refractivity contribution in [1.82, 2.24) is 10.3 Å². The van der Waals surface area contributed by atoms with Crippen LogP contribution in [0.25, 0.3) is 10.9 Å². The van der Waals surface area contributed by atoms with E-state index in [0.717, 1.165) is 68.7 Å². The van der Waals surface area contributed by atoms with Gasteiger partial charge >= 0.3 is 0 Å². The third kappa shape index (κ3) is 4.02. The van der Waals surface area contributed by atoms with Crippen molar-refractivity contribution in [2.75, 3.05) is 37.7 Å². The summed E-state index contributed by atoms with van der Waals surface area (Å²) < 4.78 is 5.64. The number of rotatable bonds is 5. The van der Waals surface area contributed by atoms with Gasteiger partial charge in [-0.15, -0.1) is 0 Å². The standard InChI is InChI=1S/C26H29N3O2/c30-25(27-19-26(12-16-31-17-13-26)21-9-2-1-3-10-21)22-18-20-8-4-5-11-23(20)28-24(22)29-14-6-7-15-29/h1-5,8-11,18H,6-7,12-17,19H2,(H,27,30). The number of ether oxygens (including phenoxy) is 1. The number of amides is 1. The summed E-state index contributed by atoms with van der Waals surface area (Å²) in [6.45, 7) is 3.96. The molecule has 2 aliphatic rings. The number of hydrogen-bond donors (Lipinski definition) is 1. The molecule has 2 aromatic carbocycles. The lowest BCUT2D eigenvalue weighted by atomic mass is 9.74. The smallest absolute Gasteiger partial charge is 0.255 e. The number of hydrogen-bond acceptors (Lipinski definition) is 4. The van der Waals surface area contributed by atoms with Crippen molar-refractivity contribution in [3.05, 3.63) is 71.8 Å². The number of aromatic nitrogens is 1. The first-order valence-corrected chi connectivity index (χ1v) is 11.3. The van der Waals surface area contributed by atoms with Crippen LogP contribution in [0, 0.1) is 0 Å². The summed E-state index contributed by atoms with van der Waals surface area (Å²) in [6, 6.07) is 20.6. The van der Waals surface area contributed by atoms with Gasteiger partial charge in [0.25, 0.3) is 5.91 Å². The minimum Gasteiger partial charge on any atom is -0.381 e. The number of anilines is 1. The first-order chi connectivity index (χ1) is 15.3. The lowest BCUT2D eigenvalue weighted by molar-refractivity contribution is 0.0487. The van der Waals surface area contributed by atoms with Crippen molar-refractivity contribution in [2.45, 2.75) is 31.1 Å². The van der Waals surface area contributed by atoms with Crippen molar-refractivity contribution >= 4 is 22.6 Å². The van der Waals surface area contributed by atoms with Crippen LogP contribution in [0.2, 0.25) is 0 Å². The largest absolute Gasteiger partial charge is 0.381 e. The number of nitrogens with one attached hydrogen (secondary N) is 1. The summed E-state index contributed by atoms with van der Waals surface area (Å²) >= 11 is 0. The van der Waals surface area contributed by atoms with E-state index in [1.165, 1.54) is 5.56 Å². The number of pyridine rings is 1. The van der Waals surface area contributed by atoms with Crippen LogP contribution in [0.3, 0.4) is 0 Å². The molecule has 160 valence electrons. The van der Waals surface area contributed by atoms with E-state index in [2.05, 4.69) is 34.5 Å². The summed E-state index contributed by atoms with van der Waals surface area (Å²) in [5.74, 6) is 0.774. The third-order valence-corrected chi connectivity index (χ3v) is 6.78. The van der Waals surface area contributed by atoms with Crippen LogP contribution in [-0.4, -0.2) is 43.7 Å². The molecule has 1 N–H and O–H groups in total. The average Bonchev–Trinajstić information content (AvgIpc) is 3.38. The van der Waals surface area contributed by atoms with Gasteiger partial charge in [0, 0.05) is 43.6 Å². The molecule has 0 aliphatic carbocycles. The van der Waals surface area contributed by atoms with Crippen LogP contribution >= 0.6 is 0 Å². The van der Waals surface area contributed by atoms with E-state index in [0.29, 0.717) is 12.1 Å². The fraction of sp³-hybridized carbons (Fsp3) is 0.385. The van der Waals surface area contributed by atoms with Crippen LogP contribution in [-0.2, 0) is 10.2 Å². The highest BCUT2D eigenvalue weighted by Crippen LogP contribution is 2.34. The van der Waals surface area contributed by atoms with Gasteiger partial charge < -0.3 is 15.0 Å². The van der Waals surface area contributed by atoms with E-state index in [4.69, 9.17) is 9.72 Å². The highest BCUT2D eigenvalue weighted by Gasteiger charge is 2.35. The van der Waals surface area contributed by atoms with Crippen LogP contribution in [0.15, 0.2) is 60.7 Å². The number of fused-ring (bicyclic) bond motifs is 1. The predicted molar refractivity (Wildman–Crippen MR) is 124 cm³/mol. The normalized spacial score (nSPS) is 18.3. The van der Waals surface area contributed by atoms with E-state index >= 15 is 0 Å². The molecule has 0 spiro atoms. The van der Waals surface area contributed by atoms with Gasteiger partial charge in [-0.1, -0.05) is 48.5 Å². The second kappa shape index (κ2) is 8.67. The average molecular weight is 416 g/mol. The van der Waals surface area contributed by atoms with Gasteiger partial charge in [-0.2, -0.15) is 0 Å². The second-order valence-electron chi connectivity index (χ2n) is 8.69. The molecule has 5 heteroatoms. The molecule has 0 saturated carbocycles. The van der Waals surface area contributed by atoms with Gasteiger partial charge in [0.1, 0.15) is 5.82 Å². The Morgan fingerprint density at radius 1 is 1.00 bits per heavy atom. The summed E-state index contributed by atoms with van der Waals surface area (Å²) in [5.41, 5.74) is 2.80. The zero-order chi connectivity index (χ0) is 21.1. The highest BCUT2D eigenvalue weighted by molar-refractivity contribution is 6.02. The van der Waals surface area contributed by atoms with Crippen LogP contribution in [0.5, 0.6) is 0 Å².